The van der Waals surface area contributed by atoms with E-state index in [0.29, 0.717) is 16.8 Å². The minimum absolute atomic E-state index is 0.530. The maximum Gasteiger partial charge on any atom is 0.416 e. The summed E-state index contributed by atoms with van der Waals surface area (Å²) in [6, 6.07) is 19.9. The molecule has 1 aromatic heterocycles. The van der Waals surface area contributed by atoms with Crippen molar-refractivity contribution < 1.29 is 13.2 Å². The Bertz CT molecular complexity index is 1160. The van der Waals surface area contributed by atoms with Crippen LogP contribution in [0.3, 0.4) is 0 Å². The van der Waals surface area contributed by atoms with E-state index in [1.807, 2.05) is 36.4 Å². The number of hydrogen-bond donors (Lipinski definition) is 0. The van der Waals surface area contributed by atoms with Gasteiger partial charge >= 0.3 is 6.18 Å². The Morgan fingerprint density at radius 2 is 1.69 bits per heavy atom. The first-order chi connectivity index (χ1) is 13.9. The van der Waals surface area contributed by atoms with Crippen LogP contribution >= 0.6 is 11.8 Å². The molecule has 0 saturated carbocycles. The Hall–Kier alpha value is -2.86. The number of rotatable bonds is 4. The summed E-state index contributed by atoms with van der Waals surface area (Å²) >= 11 is 1.71. The van der Waals surface area contributed by atoms with Gasteiger partial charge in [0.05, 0.1) is 16.8 Å². The summed E-state index contributed by atoms with van der Waals surface area (Å²) in [6.07, 6.45) is -2.90. The third kappa shape index (κ3) is 4.27. The number of thioether (sulfide) groups is 1. The number of alkyl halides is 3. The molecule has 3 aromatic carbocycles. The van der Waals surface area contributed by atoms with E-state index in [1.165, 1.54) is 18.0 Å². The van der Waals surface area contributed by atoms with Gasteiger partial charge in [0.15, 0.2) is 0 Å². The summed E-state index contributed by atoms with van der Waals surface area (Å²) in [6.45, 7) is 1.67. The van der Waals surface area contributed by atoms with Crippen molar-refractivity contribution in [2.24, 2.45) is 0 Å². The number of aryl methyl sites for hydroxylation is 1. The molecule has 0 N–H and O–H groups in total. The van der Waals surface area contributed by atoms with Crippen molar-refractivity contribution in [3.05, 3.63) is 89.7 Å². The quantitative estimate of drug-likeness (QED) is 0.342. The average Bonchev–Trinajstić information content (AvgIpc) is 2.72. The molecule has 0 saturated heterocycles. The van der Waals surface area contributed by atoms with Crippen LogP contribution in [-0.2, 0) is 11.9 Å². The zero-order valence-electron chi connectivity index (χ0n) is 15.6. The molecule has 0 aliphatic carbocycles. The first-order valence-corrected chi connectivity index (χ1v) is 10.00. The molecule has 0 aliphatic heterocycles. The minimum atomic E-state index is -4.36. The second-order valence-electron chi connectivity index (χ2n) is 6.70. The molecule has 0 spiro atoms. The van der Waals surface area contributed by atoms with E-state index in [2.05, 4.69) is 22.1 Å². The molecule has 29 heavy (non-hydrogen) atoms. The fraction of sp³-hybridized carbons (Fsp3) is 0.130. The summed E-state index contributed by atoms with van der Waals surface area (Å²) in [5, 5.41) is 0.819. The summed E-state index contributed by atoms with van der Waals surface area (Å²) in [4.78, 5) is 9.80. The maximum atomic E-state index is 13.0. The van der Waals surface area contributed by atoms with Gasteiger partial charge < -0.3 is 0 Å². The van der Waals surface area contributed by atoms with Crippen molar-refractivity contribution in [1.82, 2.24) is 9.97 Å². The Labute approximate surface area is 170 Å². The lowest BCUT2D eigenvalue weighted by molar-refractivity contribution is -0.137. The van der Waals surface area contributed by atoms with Crippen molar-refractivity contribution in [3.8, 4) is 11.3 Å². The molecule has 0 bridgehead atoms. The molecule has 2 nitrogen and oxygen atoms in total. The lowest BCUT2D eigenvalue weighted by Gasteiger charge is -2.12. The number of benzene rings is 3. The van der Waals surface area contributed by atoms with Crippen LogP contribution in [0.4, 0.5) is 13.2 Å². The van der Waals surface area contributed by atoms with Gasteiger partial charge in [0.2, 0.25) is 0 Å². The van der Waals surface area contributed by atoms with Crippen molar-refractivity contribution >= 4 is 22.7 Å². The van der Waals surface area contributed by atoms with E-state index < -0.39 is 11.7 Å². The molecule has 4 aromatic rings. The number of nitrogens with zero attached hydrogens (tertiary/aromatic N) is 2. The highest BCUT2D eigenvalue weighted by molar-refractivity contribution is 7.98. The zero-order chi connectivity index (χ0) is 20.4. The van der Waals surface area contributed by atoms with Crippen LogP contribution in [0.1, 0.15) is 16.7 Å². The predicted molar refractivity (Wildman–Crippen MR) is 111 cm³/mol. The Kier molecular flexibility index (Phi) is 5.28. The molecule has 6 heteroatoms. The summed E-state index contributed by atoms with van der Waals surface area (Å²) in [5.74, 6) is 0.850. The van der Waals surface area contributed by atoms with E-state index in [4.69, 9.17) is 0 Å². The van der Waals surface area contributed by atoms with Crippen molar-refractivity contribution in [2.75, 3.05) is 0 Å². The molecule has 0 atom stereocenters. The van der Waals surface area contributed by atoms with Crippen molar-refractivity contribution in [3.63, 3.8) is 0 Å². The Morgan fingerprint density at radius 1 is 0.897 bits per heavy atom. The van der Waals surface area contributed by atoms with Gasteiger partial charge in [0.25, 0.3) is 0 Å². The van der Waals surface area contributed by atoms with E-state index in [1.54, 1.807) is 18.7 Å². The van der Waals surface area contributed by atoms with Crippen LogP contribution in [-0.4, -0.2) is 9.97 Å². The van der Waals surface area contributed by atoms with Crippen LogP contribution < -0.4 is 0 Å². The predicted octanol–water partition coefficient (Wildman–Crippen LogP) is 6.92. The number of halogens is 3. The number of fused-ring (bicyclic) bond motifs is 1. The molecule has 0 aliphatic rings. The monoisotopic (exact) mass is 410 g/mol. The highest BCUT2D eigenvalue weighted by Gasteiger charge is 2.30. The normalized spacial score (nSPS) is 11.7. The molecular weight excluding hydrogens is 393 g/mol. The van der Waals surface area contributed by atoms with E-state index in [0.717, 1.165) is 33.7 Å². The zero-order valence-corrected chi connectivity index (χ0v) is 16.4. The van der Waals surface area contributed by atoms with Crippen molar-refractivity contribution in [2.45, 2.75) is 23.7 Å². The molecule has 0 fully saturated rings. The number of hydrogen-bond acceptors (Lipinski definition) is 3. The smallest absolute Gasteiger partial charge is 0.236 e. The van der Waals surface area contributed by atoms with Crippen LogP contribution in [0.5, 0.6) is 0 Å². The molecular formula is C23H17F3N2S. The van der Waals surface area contributed by atoms with Gasteiger partial charge in [-0.15, -0.1) is 11.8 Å². The van der Waals surface area contributed by atoms with E-state index >= 15 is 0 Å². The molecule has 4 rings (SSSR count). The van der Waals surface area contributed by atoms with E-state index in [9.17, 15) is 13.2 Å². The maximum absolute atomic E-state index is 13.0. The first kappa shape index (κ1) is 19.5. The van der Waals surface area contributed by atoms with Gasteiger partial charge in [-0.25, -0.2) is 9.97 Å². The van der Waals surface area contributed by atoms with Crippen LogP contribution in [0.15, 0.2) is 78.0 Å². The van der Waals surface area contributed by atoms with Crippen LogP contribution in [0.2, 0.25) is 0 Å². The third-order valence-corrected chi connectivity index (χ3v) is 5.73. The second-order valence-corrected chi connectivity index (χ2v) is 7.75. The first-order valence-electron chi connectivity index (χ1n) is 9.01. The molecule has 0 unspecified atom stereocenters. The minimum Gasteiger partial charge on any atom is -0.236 e. The summed E-state index contributed by atoms with van der Waals surface area (Å²) < 4.78 is 38.9. The van der Waals surface area contributed by atoms with Gasteiger partial charge in [0.1, 0.15) is 6.33 Å². The largest absolute Gasteiger partial charge is 0.416 e. The average molecular weight is 410 g/mol. The molecule has 0 radical (unpaired) electrons. The second kappa shape index (κ2) is 7.87. The fourth-order valence-electron chi connectivity index (χ4n) is 3.19. The Balaban J connectivity index is 1.66. The van der Waals surface area contributed by atoms with Crippen molar-refractivity contribution in [1.29, 1.82) is 0 Å². The van der Waals surface area contributed by atoms with Crippen LogP contribution in [0, 0.1) is 6.92 Å². The van der Waals surface area contributed by atoms with Gasteiger partial charge in [-0.3, -0.25) is 0 Å². The summed E-state index contributed by atoms with van der Waals surface area (Å²) in [5.41, 5.74) is 3.20. The molecule has 146 valence electrons. The van der Waals surface area contributed by atoms with Gasteiger partial charge in [-0.2, -0.15) is 13.2 Å². The lowest BCUT2D eigenvalue weighted by Crippen LogP contribution is -2.05. The van der Waals surface area contributed by atoms with Gasteiger partial charge in [0, 0.05) is 21.6 Å². The Morgan fingerprint density at radius 3 is 2.41 bits per heavy atom. The SMILES string of the molecule is Cc1cc(C(F)(F)F)ccc1-c1ncnc2cc(SCc3ccccc3)ccc12. The number of aromatic nitrogens is 2. The molecule has 0 amide bonds. The highest BCUT2D eigenvalue weighted by Crippen LogP contribution is 2.35. The van der Waals surface area contributed by atoms with E-state index in [-0.39, 0.29) is 0 Å². The topological polar surface area (TPSA) is 25.8 Å². The van der Waals surface area contributed by atoms with Gasteiger partial charge in [-0.05, 0) is 48.4 Å². The van der Waals surface area contributed by atoms with Gasteiger partial charge in [-0.1, -0.05) is 36.4 Å². The molecule has 1 heterocycles. The third-order valence-electron chi connectivity index (χ3n) is 4.67. The van der Waals surface area contributed by atoms with Crippen LogP contribution in [0.25, 0.3) is 22.2 Å². The summed E-state index contributed by atoms with van der Waals surface area (Å²) in [7, 11) is 0. The standard InChI is InChI=1S/C23H17F3N2S/c1-15-11-17(23(24,25)26)7-9-19(15)22-20-10-8-18(12-21(20)27-14-28-22)29-13-16-5-3-2-4-6-16/h2-12,14H,13H2,1H3. The fourth-order valence-corrected chi connectivity index (χ4v) is 4.07. The highest BCUT2D eigenvalue weighted by atomic mass is 32.2. The lowest BCUT2D eigenvalue weighted by atomic mass is 9.99.